The maximum Gasteiger partial charge on any atom is 0.224 e. The number of nitrogens with one attached hydrogen (secondary N) is 2. The summed E-state index contributed by atoms with van der Waals surface area (Å²) >= 11 is 0. The van der Waals surface area contributed by atoms with E-state index in [4.69, 9.17) is 0 Å². The monoisotopic (exact) mass is 798 g/mol. The molecule has 0 aromatic heterocycles. The van der Waals surface area contributed by atoms with Crippen LogP contribution < -0.4 is 10.6 Å². The van der Waals surface area contributed by atoms with Crippen LogP contribution in [0.5, 0.6) is 0 Å². The van der Waals surface area contributed by atoms with E-state index in [1.807, 2.05) is 95.3 Å². The Hall–Kier alpha value is -3.65. The SMILES string of the molecule is CC(C)CC(NC(=O)[C@H](CCc1ccccc1)CC(=O)CCCCCCCN1CCCCC1)C(=O)C[C@@H](Cc1ccccc1)C(=O)NC(CC(C)C)C(=O)C1(C)CC1. The first kappa shape index (κ1) is 47.0. The van der Waals surface area contributed by atoms with Crippen molar-refractivity contribution in [2.24, 2.45) is 29.1 Å². The van der Waals surface area contributed by atoms with E-state index in [1.54, 1.807) is 0 Å². The van der Waals surface area contributed by atoms with Crippen molar-refractivity contribution in [3.05, 3.63) is 71.8 Å². The van der Waals surface area contributed by atoms with E-state index in [9.17, 15) is 24.0 Å². The van der Waals surface area contributed by atoms with Crippen LogP contribution >= 0.6 is 0 Å². The predicted molar refractivity (Wildman–Crippen MR) is 234 cm³/mol. The van der Waals surface area contributed by atoms with E-state index in [1.165, 1.54) is 51.7 Å². The number of likely N-dealkylation sites (tertiary alicyclic amines) is 1. The van der Waals surface area contributed by atoms with Crippen LogP contribution in [0.4, 0.5) is 0 Å². The summed E-state index contributed by atoms with van der Waals surface area (Å²) in [5.41, 5.74) is 1.64. The molecule has 8 nitrogen and oxygen atoms in total. The predicted octanol–water partition coefficient (Wildman–Crippen LogP) is 9.27. The van der Waals surface area contributed by atoms with Crippen LogP contribution in [0.1, 0.15) is 148 Å². The van der Waals surface area contributed by atoms with Gasteiger partial charge in [0.2, 0.25) is 11.8 Å². The first-order chi connectivity index (χ1) is 27.8. The highest BCUT2D eigenvalue weighted by atomic mass is 16.2. The van der Waals surface area contributed by atoms with Crippen molar-refractivity contribution in [3.63, 3.8) is 0 Å². The van der Waals surface area contributed by atoms with Crippen molar-refractivity contribution < 1.29 is 24.0 Å². The zero-order chi connectivity index (χ0) is 41.9. The maximum atomic E-state index is 14.3. The molecule has 2 aromatic rings. The van der Waals surface area contributed by atoms with Crippen molar-refractivity contribution in [3.8, 4) is 0 Å². The first-order valence-corrected chi connectivity index (χ1v) is 22.8. The van der Waals surface area contributed by atoms with Crippen LogP contribution in [0.2, 0.25) is 0 Å². The second-order valence-electron chi connectivity index (χ2n) is 18.7. The molecular weight excluding hydrogens is 723 g/mol. The Labute approximate surface area is 350 Å². The van der Waals surface area contributed by atoms with Gasteiger partial charge in [-0.25, -0.2) is 0 Å². The zero-order valence-electron chi connectivity index (χ0n) is 36.6. The van der Waals surface area contributed by atoms with Crippen LogP contribution in [0, 0.1) is 29.1 Å². The van der Waals surface area contributed by atoms with Crippen molar-refractivity contribution in [1.82, 2.24) is 15.5 Å². The lowest BCUT2D eigenvalue weighted by molar-refractivity contribution is -0.135. The summed E-state index contributed by atoms with van der Waals surface area (Å²) in [5, 5.41) is 6.19. The summed E-state index contributed by atoms with van der Waals surface area (Å²) in [4.78, 5) is 72.1. The first-order valence-electron chi connectivity index (χ1n) is 22.8. The second-order valence-corrected chi connectivity index (χ2v) is 18.7. The van der Waals surface area contributed by atoms with E-state index >= 15 is 0 Å². The minimum Gasteiger partial charge on any atom is -0.346 e. The number of aryl methyl sites for hydroxylation is 1. The molecule has 1 aliphatic heterocycles. The molecule has 2 unspecified atom stereocenters. The molecule has 2 aromatic carbocycles. The van der Waals surface area contributed by atoms with Gasteiger partial charge in [-0.3, -0.25) is 24.0 Å². The standard InChI is InChI=1S/C50H75N3O5/c1-37(2)32-44(46(55)36-42(34-40-22-14-10-15-23-40)49(58)52-45(33-38(3)4)47(56)50(5)27-28-50)51-48(57)41(26-25-39-20-12-9-13-21-39)35-43(54)24-16-7-6-8-17-29-53-30-18-11-19-31-53/h9-10,12-15,20-23,37-38,41-42,44-45H,6-8,11,16-19,24-36H2,1-5H3,(H,51,57)(H,52,58)/t41-,42-,44?,45?/m1/s1. The fourth-order valence-corrected chi connectivity index (χ4v) is 8.48. The quantitative estimate of drug-likeness (QED) is 0.0831. The van der Waals surface area contributed by atoms with Crippen molar-refractivity contribution in [1.29, 1.82) is 0 Å². The number of rotatable bonds is 28. The largest absolute Gasteiger partial charge is 0.346 e. The number of ketones is 3. The molecular formula is C50H75N3O5. The van der Waals surface area contributed by atoms with E-state index in [2.05, 4.69) is 15.5 Å². The van der Waals surface area contributed by atoms with E-state index < -0.39 is 29.3 Å². The van der Waals surface area contributed by atoms with Gasteiger partial charge in [0.25, 0.3) is 0 Å². The smallest absolute Gasteiger partial charge is 0.224 e. The molecule has 2 amide bonds. The molecule has 8 heteroatoms. The minimum atomic E-state index is -0.795. The Kier molecular flexibility index (Phi) is 19.8. The highest BCUT2D eigenvalue weighted by Crippen LogP contribution is 2.47. The maximum absolute atomic E-state index is 14.3. The lowest BCUT2D eigenvalue weighted by atomic mass is 9.87. The van der Waals surface area contributed by atoms with E-state index in [0.717, 1.165) is 43.2 Å². The van der Waals surface area contributed by atoms with Crippen LogP contribution in [-0.4, -0.2) is 65.8 Å². The molecule has 0 bridgehead atoms. The number of amides is 2. The lowest BCUT2D eigenvalue weighted by Gasteiger charge is -2.27. The van der Waals surface area contributed by atoms with E-state index in [-0.39, 0.29) is 53.8 Å². The molecule has 1 heterocycles. The summed E-state index contributed by atoms with van der Waals surface area (Å²) in [7, 11) is 0. The van der Waals surface area contributed by atoms with Crippen molar-refractivity contribution in [2.75, 3.05) is 19.6 Å². The number of benzene rings is 2. The van der Waals surface area contributed by atoms with Gasteiger partial charge in [0.1, 0.15) is 5.78 Å². The topological polar surface area (TPSA) is 113 Å². The van der Waals surface area contributed by atoms with Crippen LogP contribution in [0.25, 0.3) is 0 Å². The fourth-order valence-electron chi connectivity index (χ4n) is 8.48. The molecule has 320 valence electrons. The molecule has 4 rings (SSSR count). The van der Waals surface area contributed by atoms with Crippen molar-refractivity contribution >= 4 is 29.2 Å². The fraction of sp³-hybridized carbons (Fsp3) is 0.660. The Morgan fingerprint density at radius 3 is 1.83 bits per heavy atom. The molecule has 1 saturated heterocycles. The lowest BCUT2D eigenvalue weighted by Crippen LogP contribution is -2.49. The number of nitrogens with zero attached hydrogens (tertiary/aromatic N) is 1. The van der Waals surface area contributed by atoms with Gasteiger partial charge in [0.15, 0.2) is 11.6 Å². The highest BCUT2D eigenvalue weighted by Gasteiger charge is 2.48. The molecule has 4 atom stereocenters. The Bertz CT molecular complexity index is 1560. The van der Waals surface area contributed by atoms with Gasteiger partial charge >= 0.3 is 0 Å². The third-order valence-corrected chi connectivity index (χ3v) is 12.3. The zero-order valence-corrected chi connectivity index (χ0v) is 36.6. The summed E-state index contributed by atoms with van der Waals surface area (Å²) in [5.74, 6) is -1.57. The molecule has 1 saturated carbocycles. The number of piperidine rings is 1. The average molecular weight is 798 g/mol. The summed E-state index contributed by atoms with van der Waals surface area (Å²) in [6.07, 6.45) is 14.0. The summed E-state index contributed by atoms with van der Waals surface area (Å²) in [6.45, 7) is 13.7. The number of unbranched alkanes of at least 4 members (excludes halogenated alkanes) is 4. The van der Waals surface area contributed by atoms with Crippen molar-refractivity contribution in [2.45, 2.75) is 162 Å². The Balaban J connectivity index is 1.41. The van der Waals surface area contributed by atoms with Gasteiger partial charge < -0.3 is 15.5 Å². The summed E-state index contributed by atoms with van der Waals surface area (Å²) < 4.78 is 0. The third-order valence-electron chi connectivity index (χ3n) is 12.3. The van der Waals surface area contributed by atoms with Gasteiger partial charge in [0.05, 0.1) is 12.1 Å². The highest BCUT2D eigenvalue weighted by molar-refractivity contribution is 5.97. The average Bonchev–Trinajstić information content (AvgIpc) is 3.96. The minimum absolute atomic E-state index is 0.0656. The number of hydrogen-bond donors (Lipinski definition) is 2. The molecule has 58 heavy (non-hydrogen) atoms. The van der Waals surface area contributed by atoms with Gasteiger partial charge in [-0.05, 0) is 113 Å². The number of Topliss-reactive ketones (excluding diaryl/α,β-unsaturated/α-hetero) is 3. The van der Waals surface area contributed by atoms with Crippen LogP contribution in [0.3, 0.4) is 0 Å². The molecule has 0 radical (unpaired) electrons. The molecule has 0 spiro atoms. The van der Waals surface area contributed by atoms with Gasteiger partial charge in [-0.2, -0.15) is 0 Å². The number of carbonyl (C=O) groups is 5. The second kappa shape index (κ2) is 24.4. The molecule has 2 fully saturated rings. The van der Waals surface area contributed by atoms with Gasteiger partial charge in [-0.1, -0.05) is 121 Å². The third kappa shape index (κ3) is 16.9. The summed E-state index contributed by atoms with van der Waals surface area (Å²) in [6, 6.07) is 18.3. The molecule has 2 aliphatic rings. The Morgan fingerprint density at radius 2 is 1.21 bits per heavy atom. The van der Waals surface area contributed by atoms with Gasteiger partial charge in [0, 0.05) is 36.5 Å². The van der Waals surface area contributed by atoms with Crippen LogP contribution in [-0.2, 0) is 36.8 Å². The molecule has 1 aliphatic carbocycles. The number of hydrogen-bond acceptors (Lipinski definition) is 6. The van der Waals surface area contributed by atoms with E-state index in [0.29, 0.717) is 38.5 Å². The Morgan fingerprint density at radius 1 is 0.655 bits per heavy atom. The normalized spacial score (nSPS) is 17.3. The number of carbonyl (C=O) groups excluding carboxylic acids is 5. The van der Waals surface area contributed by atoms with Gasteiger partial charge in [-0.15, -0.1) is 0 Å². The van der Waals surface area contributed by atoms with Crippen LogP contribution in [0.15, 0.2) is 60.7 Å². The molecule has 2 N–H and O–H groups in total.